The number of carbonyl (C=O) groups excluding carboxylic acids is 2. The largest absolute Gasteiger partial charge is 0.493 e. The molecule has 0 unspecified atom stereocenters. The zero-order valence-corrected chi connectivity index (χ0v) is 21.4. The van der Waals surface area contributed by atoms with Crippen molar-refractivity contribution in [2.75, 3.05) is 31.0 Å². The van der Waals surface area contributed by atoms with Crippen LogP contribution >= 0.6 is 0 Å². The summed E-state index contributed by atoms with van der Waals surface area (Å²) in [5.41, 5.74) is 1.13. The van der Waals surface area contributed by atoms with Crippen LogP contribution in [0.15, 0.2) is 78.9 Å². The van der Waals surface area contributed by atoms with E-state index < -0.39 is 17.7 Å². The van der Waals surface area contributed by atoms with Crippen molar-refractivity contribution in [1.29, 1.82) is 0 Å². The van der Waals surface area contributed by atoms with E-state index in [9.17, 15) is 14.8 Å². The lowest BCUT2D eigenvalue weighted by atomic mass is 9.99. The van der Waals surface area contributed by atoms with E-state index >= 15 is 0 Å². The summed E-state index contributed by atoms with van der Waals surface area (Å²) in [7, 11) is 3.16. The van der Waals surface area contributed by atoms with E-state index in [0.29, 0.717) is 40.9 Å². The summed E-state index contributed by atoms with van der Waals surface area (Å²) >= 11 is 0. The number of carbonyl (C=O) groups is 2. The van der Waals surface area contributed by atoms with Gasteiger partial charge in [-0.3, -0.25) is 10.1 Å². The lowest BCUT2D eigenvalue weighted by molar-refractivity contribution is -0.0947. The quantitative estimate of drug-likeness (QED) is 0.324. The van der Waals surface area contributed by atoms with Gasteiger partial charge in [-0.2, -0.15) is 5.06 Å². The Morgan fingerprint density at radius 3 is 2.22 bits per heavy atom. The zero-order chi connectivity index (χ0) is 26.6. The van der Waals surface area contributed by atoms with Gasteiger partial charge in [-0.1, -0.05) is 42.5 Å². The Bertz CT molecular complexity index is 1240. The molecule has 1 fully saturated rings. The van der Waals surface area contributed by atoms with Crippen molar-refractivity contribution in [3.8, 4) is 11.5 Å². The maximum Gasteiger partial charge on any atom is 0.347 e. The van der Waals surface area contributed by atoms with Crippen LogP contribution in [0, 0.1) is 0 Å². The molecule has 194 valence electrons. The predicted molar refractivity (Wildman–Crippen MR) is 141 cm³/mol. The van der Waals surface area contributed by atoms with Crippen molar-refractivity contribution in [3.63, 3.8) is 0 Å². The SMILES string of the molecule is COc1ccc(CCN2C(=O)N(c3ccccc3)[C@H](N(O)C(=O)Nc3ccccc3)C2(C)C)cc1OC. The van der Waals surface area contributed by atoms with Crippen LogP contribution in [0.5, 0.6) is 11.5 Å². The summed E-state index contributed by atoms with van der Waals surface area (Å²) in [5.74, 6) is 1.23. The first-order valence-electron chi connectivity index (χ1n) is 12.0. The van der Waals surface area contributed by atoms with Gasteiger partial charge in [0, 0.05) is 17.9 Å². The fraction of sp³-hybridized carbons (Fsp3) is 0.286. The van der Waals surface area contributed by atoms with Crippen molar-refractivity contribution in [3.05, 3.63) is 84.4 Å². The van der Waals surface area contributed by atoms with Gasteiger partial charge in [0.05, 0.1) is 19.8 Å². The molecule has 0 radical (unpaired) electrons. The minimum absolute atomic E-state index is 0.312. The van der Waals surface area contributed by atoms with E-state index in [1.54, 1.807) is 55.5 Å². The number of benzene rings is 3. The number of hydroxylamine groups is 2. The average Bonchev–Trinajstić information content (AvgIpc) is 3.11. The van der Waals surface area contributed by atoms with Crippen molar-refractivity contribution >= 4 is 23.4 Å². The van der Waals surface area contributed by atoms with Gasteiger partial charge in [-0.05, 0) is 62.2 Å². The fourth-order valence-electron chi connectivity index (χ4n) is 4.66. The van der Waals surface area contributed by atoms with Gasteiger partial charge in [-0.25, -0.2) is 9.59 Å². The summed E-state index contributed by atoms with van der Waals surface area (Å²) in [6.07, 6.45) is -0.455. The molecular weight excluding hydrogens is 472 g/mol. The summed E-state index contributed by atoms with van der Waals surface area (Å²) in [4.78, 5) is 30.0. The molecule has 0 aromatic heterocycles. The number of urea groups is 2. The zero-order valence-electron chi connectivity index (χ0n) is 21.4. The highest BCUT2D eigenvalue weighted by Gasteiger charge is 2.55. The van der Waals surface area contributed by atoms with Crippen molar-refractivity contribution < 1.29 is 24.3 Å². The van der Waals surface area contributed by atoms with E-state index in [-0.39, 0.29) is 6.03 Å². The van der Waals surface area contributed by atoms with E-state index in [1.165, 1.54) is 4.90 Å². The number of hydrogen-bond donors (Lipinski definition) is 2. The Balaban J connectivity index is 1.62. The number of para-hydroxylation sites is 2. The van der Waals surface area contributed by atoms with E-state index in [4.69, 9.17) is 9.47 Å². The minimum atomic E-state index is -0.989. The highest BCUT2D eigenvalue weighted by molar-refractivity contribution is 5.98. The Kier molecular flexibility index (Phi) is 7.54. The lowest BCUT2D eigenvalue weighted by Gasteiger charge is -2.38. The predicted octanol–water partition coefficient (Wildman–Crippen LogP) is 5.22. The number of anilines is 2. The summed E-state index contributed by atoms with van der Waals surface area (Å²) in [5, 5.41) is 14.5. The van der Waals surface area contributed by atoms with E-state index in [0.717, 1.165) is 5.56 Å². The molecule has 3 aromatic rings. The Morgan fingerprint density at radius 2 is 1.59 bits per heavy atom. The van der Waals surface area contributed by atoms with Crippen molar-refractivity contribution in [2.45, 2.75) is 32.0 Å². The number of ether oxygens (including phenoxy) is 2. The maximum absolute atomic E-state index is 13.8. The van der Waals surface area contributed by atoms with Crippen LogP contribution in [0.4, 0.5) is 21.0 Å². The van der Waals surface area contributed by atoms with Crippen LogP contribution in [-0.2, 0) is 6.42 Å². The highest BCUT2D eigenvalue weighted by atomic mass is 16.5. The van der Waals surface area contributed by atoms with Gasteiger partial charge in [0.15, 0.2) is 17.7 Å². The van der Waals surface area contributed by atoms with Crippen LogP contribution < -0.4 is 19.7 Å². The minimum Gasteiger partial charge on any atom is -0.493 e. The van der Waals surface area contributed by atoms with Crippen LogP contribution in [0.1, 0.15) is 19.4 Å². The molecule has 0 spiro atoms. The molecule has 0 aliphatic carbocycles. The molecule has 1 aliphatic rings. The van der Waals surface area contributed by atoms with Gasteiger partial charge >= 0.3 is 12.1 Å². The van der Waals surface area contributed by atoms with Gasteiger partial charge in [0.25, 0.3) is 0 Å². The highest BCUT2D eigenvalue weighted by Crippen LogP contribution is 2.38. The second-order valence-electron chi connectivity index (χ2n) is 9.25. The molecule has 4 amide bonds. The monoisotopic (exact) mass is 504 g/mol. The fourth-order valence-corrected chi connectivity index (χ4v) is 4.66. The number of nitrogens with one attached hydrogen (secondary N) is 1. The first-order valence-corrected chi connectivity index (χ1v) is 12.0. The molecule has 0 saturated carbocycles. The normalized spacial score (nSPS) is 16.5. The topological polar surface area (TPSA) is 94.6 Å². The van der Waals surface area contributed by atoms with Crippen molar-refractivity contribution in [2.24, 2.45) is 0 Å². The smallest absolute Gasteiger partial charge is 0.347 e. The summed E-state index contributed by atoms with van der Waals surface area (Å²) < 4.78 is 10.7. The molecule has 9 nitrogen and oxygen atoms in total. The van der Waals surface area contributed by atoms with E-state index in [1.807, 2.05) is 56.3 Å². The van der Waals surface area contributed by atoms with Crippen molar-refractivity contribution in [1.82, 2.24) is 9.96 Å². The van der Waals surface area contributed by atoms with Crippen LogP contribution in [0.2, 0.25) is 0 Å². The molecule has 1 atom stereocenters. The third-order valence-corrected chi connectivity index (χ3v) is 6.58. The van der Waals surface area contributed by atoms with Crippen LogP contribution in [0.25, 0.3) is 0 Å². The van der Waals surface area contributed by atoms with Gasteiger partial charge < -0.3 is 19.7 Å². The maximum atomic E-state index is 13.8. The van der Waals surface area contributed by atoms with Gasteiger partial charge in [0.1, 0.15) is 0 Å². The molecule has 1 aliphatic heterocycles. The molecule has 2 N–H and O–H groups in total. The Labute approximate surface area is 216 Å². The first-order chi connectivity index (χ1) is 17.8. The second-order valence-corrected chi connectivity index (χ2v) is 9.25. The molecule has 37 heavy (non-hydrogen) atoms. The summed E-state index contributed by atoms with van der Waals surface area (Å²) in [6, 6.07) is 22.5. The van der Waals surface area contributed by atoms with Crippen LogP contribution in [-0.4, -0.2) is 59.7 Å². The number of methoxy groups -OCH3 is 2. The molecular formula is C28H32N4O5. The lowest BCUT2D eigenvalue weighted by Crippen LogP contribution is -2.58. The average molecular weight is 505 g/mol. The number of hydrogen-bond acceptors (Lipinski definition) is 5. The van der Waals surface area contributed by atoms with Gasteiger partial charge in [0.2, 0.25) is 0 Å². The second kappa shape index (κ2) is 10.8. The Morgan fingerprint density at radius 1 is 0.973 bits per heavy atom. The first kappa shape index (κ1) is 25.8. The third kappa shape index (κ3) is 5.17. The Hall–Kier alpha value is -4.24. The third-order valence-electron chi connectivity index (χ3n) is 6.58. The standard InChI is InChI=1S/C28H32N4O5/c1-28(2)25(32(35)26(33)29-21-11-7-5-8-12-21)31(22-13-9-6-10-14-22)27(34)30(28)18-17-20-15-16-23(36-3)24(19-20)37-4/h5-16,19,25,35H,17-18H2,1-4H3,(H,29,33)/t25-/m1/s1. The molecule has 1 heterocycles. The molecule has 0 bridgehead atoms. The number of amides is 4. The number of nitrogens with zero attached hydrogens (tertiary/aromatic N) is 3. The van der Waals surface area contributed by atoms with E-state index in [2.05, 4.69) is 5.32 Å². The number of rotatable bonds is 8. The molecule has 4 rings (SSSR count). The van der Waals surface area contributed by atoms with Crippen LogP contribution in [0.3, 0.4) is 0 Å². The van der Waals surface area contributed by atoms with Gasteiger partial charge in [-0.15, -0.1) is 0 Å². The molecule has 9 heteroatoms. The molecule has 3 aromatic carbocycles. The summed E-state index contributed by atoms with van der Waals surface area (Å²) in [6.45, 7) is 4.04. The molecule has 1 saturated heterocycles.